The maximum absolute atomic E-state index is 13.0. The average Bonchev–Trinajstić information content (AvgIpc) is 3.26. The van der Waals surface area contributed by atoms with Crippen molar-refractivity contribution in [3.05, 3.63) is 58.4 Å². The molecule has 27 heavy (non-hydrogen) atoms. The number of carbonyl (C=O) groups excluding carboxylic acids is 2. The van der Waals surface area contributed by atoms with Gasteiger partial charge in [0, 0.05) is 35.6 Å². The number of hydrogen-bond donors (Lipinski definition) is 2. The van der Waals surface area contributed by atoms with Crippen molar-refractivity contribution in [2.75, 3.05) is 13.1 Å². The van der Waals surface area contributed by atoms with Crippen molar-refractivity contribution in [3.8, 4) is 0 Å². The van der Waals surface area contributed by atoms with Gasteiger partial charge in [-0.1, -0.05) is 23.7 Å². The standard InChI is InChI=1S/C19H18ClN5O2/c1-10-14-6-12(7-22-18(14)24-23-10)19(27)25-8-15(16(9-25)17(21)26)11-2-4-13(20)5-3-11/h2-7,15-16H,8-9H2,1H3,(H2,21,26)(H,22,23,24)/t15?,16-/m0/s1. The summed E-state index contributed by atoms with van der Waals surface area (Å²) in [6.45, 7) is 2.55. The van der Waals surface area contributed by atoms with Crippen molar-refractivity contribution in [3.63, 3.8) is 0 Å². The SMILES string of the molecule is Cc1n[nH]c2ncc(C(=O)N3CC(c4ccc(Cl)cc4)[C@@H](C(N)=O)C3)cc12. The molecule has 0 aliphatic carbocycles. The summed E-state index contributed by atoms with van der Waals surface area (Å²) < 4.78 is 0. The zero-order valence-corrected chi connectivity index (χ0v) is 15.4. The molecule has 2 aromatic heterocycles. The highest BCUT2D eigenvalue weighted by Crippen LogP contribution is 2.34. The predicted octanol–water partition coefficient (Wildman–Crippen LogP) is 2.26. The Bertz CT molecular complexity index is 1030. The second-order valence-electron chi connectivity index (χ2n) is 6.81. The van der Waals surface area contributed by atoms with Crippen LogP contribution in [0.5, 0.6) is 0 Å². The lowest BCUT2D eigenvalue weighted by molar-refractivity contribution is -0.121. The van der Waals surface area contributed by atoms with E-state index in [2.05, 4.69) is 15.2 Å². The van der Waals surface area contributed by atoms with E-state index in [0.29, 0.717) is 22.8 Å². The second kappa shape index (κ2) is 6.66. The highest BCUT2D eigenvalue weighted by molar-refractivity contribution is 6.30. The topological polar surface area (TPSA) is 105 Å². The van der Waals surface area contributed by atoms with Crippen LogP contribution in [0, 0.1) is 12.8 Å². The lowest BCUT2D eigenvalue weighted by Gasteiger charge is -2.16. The minimum atomic E-state index is -0.442. The Morgan fingerprint density at radius 3 is 2.70 bits per heavy atom. The van der Waals surface area contributed by atoms with Crippen molar-refractivity contribution in [2.24, 2.45) is 11.7 Å². The molecule has 1 saturated heterocycles. The van der Waals surface area contributed by atoms with E-state index in [1.807, 2.05) is 19.1 Å². The number of aromatic nitrogens is 3. The van der Waals surface area contributed by atoms with Crippen molar-refractivity contribution < 1.29 is 9.59 Å². The van der Waals surface area contributed by atoms with Crippen molar-refractivity contribution >= 4 is 34.4 Å². The summed E-state index contributed by atoms with van der Waals surface area (Å²) in [7, 11) is 0. The maximum Gasteiger partial charge on any atom is 0.255 e. The molecule has 2 atom stereocenters. The summed E-state index contributed by atoms with van der Waals surface area (Å²) >= 11 is 5.96. The molecule has 4 rings (SSSR count). The van der Waals surface area contributed by atoms with E-state index >= 15 is 0 Å². The van der Waals surface area contributed by atoms with Crippen LogP contribution in [0.25, 0.3) is 11.0 Å². The number of rotatable bonds is 3. The molecular weight excluding hydrogens is 366 g/mol. The van der Waals surface area contributed by atoms with Crippen LogP contribution >= 0.6 is 11.6 Å². The fraction of sp³-hybridized carbons (Fsp3) is 0.263. The Morgan fingerprint density at radius 2 is 2.00 bits per heavy atom. The van der Waals surface area contributed by atoms with Gasteiger partial charge in [0.1, 0.15) is 0 Å². The van der Waals surface area contributed by atoms with Crippen LogP contribution in [-0.2, 0) is 4.79 Å². The zero-order chi connectivity index (χ0) is 19.1. The lowest BCUT2D eigenvalue weighted by Crippen LogP contribution is -2.32. The van der Waals surface area contributed by atoms with E-state index in [0.717, 1.165) is 16.6 Å². The predicted molar refractivity (Wildman–Crippen MR) is 101 cm³/mol. The van der Waals surface area contributed by atoms with Gasteiger partial charge < -0.3 is 10.6 Å². The number of nitrogens with one attached hydrogen (secondary N) is 1. The fourth-order valence-electron chi connectivity index (χ4n) is 3.63. The molecule has 1 aliphatic heterocycles. The Morgan fingerprint density at radius 1 is 1.26 bits per heavy atom. The number of aryl methyl sites for hydroxylation is 1. The molecule has 1 aromatic carbocycles. The number of carbonyl (C=O) groups is 2. The first-order valence-electron chi connectivity index (χ1n) is 8.59. The highest BCUT2D eigenvalue weighted by atomic mass is 35.5. The molecule has 8 heteroatoms. The number of amides is 2. The van der Waals surface area contributed by atoms with Gasteiger partial charge in [-0.15, -0.1) is 0 Å². The van der Waals surface area contributed by atoms with Crippen molar-refractivity contribution in [1.29, 1.82) is 0 Å². The Balaban J connectivity index is 1.63. The summed E-state index contributed by atoms with van der Waals surface area (Å²) in [4.78, 5) is 30.9. The number of aromatic amines is 1. The third kappa shape index (κ3) is 3.14. The van der Waals surface area contributed by atoms with E-state index in [4.69, 9.17) is 17.3 Å². The van der Waals surface area contributed by atoms with Crippen LogP contribution in [0.15, 0.2) is 36.5 Å². The van der Waals surface area contributed by atoms with Gasteiger partial charge in [-0.3, -0.25) is 14.7 Å². The number of H-pyrrole nitrogens is 1. The fourth-order valence-corrected chi connectivity index (χ4v) is 3.76. The van der Waals surface area contributed by atoms with Gasteiger partial charge in [-0.05, 0) is 30.7 Å². The molecule has 2 amide bonds. The number of pyridine rings is 1. The minimum Gasteiger partial charge on any atom is -0.369 e. The molecule has 0 spiro atoms. The van der Waals surface area contributed by atoms with Gasteiger partial charge in [0.15, 0.2) is 5.65 Å². The summed E-state index contributed by atoms with van der Waals surface area (Å²) in [6, 6.07) is 9.08. The van der Waals surface area contributed by atoms with E-state index in [-0.39, 0.29) is 18.4 Å². The molecule has 0 bridgehead atoms. The van der Waals surface area contributed by atoms with Crippen LogP contribution < -0.4 is 5.73 Å². The largest absolute Gasteiger partial charge is 0.369 e. The normalized spacial score (nSPS) is 19.6. The Hall–Kier alpha value is -2.93. The molecule has 1 aliphatic rings. The van der Waals surface area contributed by atoms with Crippen LogP contribution in [0.1, 0.15) is 27.5 Å². The number of nitrogens with two attached hydrogens (primary N) is 1. The van der Waals surface area contributed by atoms with Gasteiger partial charge in [0.05, 0.1) is 17.2 Å². The van der Waals surface area contributed by atoms with Gasteiger partial charge in [-0.25, -0.2) is 4.98 Å². The quantitative estimate of drug-likeness (QED) is 0.723. The van der Waals surface area contributed by atoms with Crippen LogP contribution in [0.4, 0.5) is 0 Å². The van der Waals surface area contributed by atoms with Crippen LogP contribution in [0.2, 0.25) is 5.02 Å². The molecular formula is C19H18ClN5O2. The summed E-state index contributed by atoms with van der Waals surface area (Å²) in [5, 5.41) is 8.35. The second-order valence-corrected chi connectivity index (χ2v) is 7.24. The molecule has 3 N–H and O–H groups in total. The summed E-state index contributed by atoms with van der Waals surface area (Å²) in [6.07, 6.45) is 1.52. The van der Waals surface area contributed by atoms with Crippen molar-refractivity contribution in [1.82, 2.24) is 20.1 Å². The number of nitrogens with zero attached hydrogens (tertiary/aromatic N) is 3. The average molecular weight is 384 g/mol. The van der Waals surface area contributed by atoms with Gasteiger partial charge in [-0.2, -0.15) is 5.10 Å². The number of benzene rings is 1. The smallest absolute Gasteiger partial charge is 0.255 e. The molecule has 1 unspecified atom stereocenters. The molecule has 0 saturated carbocycles. The number of fused-ring (bicyclic) bond motifs is 1. The molecule has 3 heterocycles. The molecule has 7 nitrogen and oxygen atoms in total. The van der Waals surface area contributed by atoms with Gasteiger partial charge >= 0.3 is 0 Å². The van der Waals surface area contributed by atoms with Gasteiger partial charge in [0.2, 0.25) is 5.91 Å². The van der Waals surface area contributed by atoms with Crippen molar-refractivity contribution in [2.45, 2.75) is 12.8 Å². The Kier molecular flexibility index (Phi) is 4.31. The van der Waals surface area contributed by atoms with Crippen LogP contribution in [-0.4, -0.2) is 45.0 Å². The molecule has 1 fully saturated rings. The monoisotopic (exact) mass is 383 g/mol. The third-order valence-electron chi connectivity index (χ3n) is 5.12. The first-order valence-corrected chi connectivity index (χ1v) is 8.96. The zero-order valence-electron chi connectivity index (χ0n) is 14.6. The van der Waals surface area contributed by atoms with E-state index in [9.17, 15) is 9.59 Å². The third-order valence-corrected chi connectivity index (χ3v) is 5.38. The molecule has 3 aromatic rings. The first kappa shape index (κ1) is 17.5. The van der Waals surface area contributed by atoms with E-state index in [1.54, 1.807) is 23.1 Å². The molecule has 0 radical (unpaired) electrons. The summed E-state index contributed by atoms with van der Waals surface area (Å²) in [5.41, 5.74) is 8.43. The molecule has 138 valence electrons. The lowest BCUT2D eigenvalue weighted by atomic mass is 9.88. The number of hydrogen-bond acceptors (Lipinski definition) is 4. The number of primary amides is 1. The maximum atomic E-state index is 13.0. The highest BCUT2D eigenvalue weighted by Gasteiger charge is 2.39. The number of halogens is 1. The first-order chi connectivity index (χ1) is 12.9. The Labute approximate surface area is 160 Å². The van der Waals surface area contributed by atoms with Gasteiger partial charge in [0.25, 0.3) is 5.91 Å². The van der Waals surface area contributed by atoms with E-state index < -0.39 is 11.8 Å². The number of likely N-dealkylation sites (tertiary alicyclic amines) is 1. The van der Waals surface area contributed by atoms with Crippen LogP contribution in [0.3, 0.4) is 0 Å². The minimum absolute atomic E-state index is 0.156. The van der Waals surface area contributed by atoms with E-state index in [1.165, 1.54) is 6.20 Å². The summed E-state index contributed by atoms with van der Waals surface area (Å²) in [5.74, 6) is -1.18.